The van der Waals surface area contributed by atoms with Crippen LogP contribution in [0.5, 0.6) is 0 Å². The first-order valence-corrected chi connectivity index (χ1v) is 7.45. The molecule has 8 heteroatoms. The minimum Gasteiger partial charge on any atom is -0.462 e. The van der Waals surface area contributed by atoms with Crippen LogP contribution in [0.1, 0.15) is 22.8 Å². The Bertz CT molecular complexity index is 903. The van der Waals surface area contributed by atoms with E-state index >= 15 is 0 Å². The van der Waals surface area contributed by atoms with Crippen molar-refractivity contribution in [2.75, 3.05) is 11.9 Å². The fourth-order valence-electron chi connectivity index (χ4n) is 2.38. The molecule has 25 heavy (non-hydrogen) atoms. The van der Waals surface area contributed by atoms with Crippen LogP contribution in [0.4, 0.5) is 17.1 Å². The van der Waals surface area contributed by atoms with Crippen molar-refractivity contribution in [3.63, 3.8) is 0 Å². The van der Waals surface area contributed by atoms with Crippen molar-refractivity contribution in [1.82, 2.24) is 0 Å². The maximum Gasteiger partial charge on any atom is 0.338 e. The summed E-state index contributed by atoms with van der Waals surface area (Å²) < 4.78 is 4.90. The number of nitrogens with zero attached hydrogens (tertiary/aromatic N) is 2. The van der Waals surface area contributed by atoms with E-state index in [0.29, 0.717) is 22.5 Å². The Kier molecular flexibility index (Phi) is 4.25. The number of hydrogen-bond acceptors (Lipinski definition) is 6. The number of nitro benzene ring substituents is 1. The molecule has 2 aromatic carbocycles. The molecule has 0 spiro atoms. The Labute approximate surface area is 142 Å². The third-order valence-corrected chi connectivity index (χ3v) is 3.55. The molecule has 2 aromatic rings. The van der Waals surface area contributed by atoms with Crippen LogP contribution in [0.15, 0.2) is 47.5 Å². The number of fused-ring (bicyclic) bond motifs is 1. The van der Waals surface area contributed by atoms with Gasteiger partial charge in [0.2, 0.25) is 0 Å². The number of amides is 1. The Morgan fingerprint density at radius 1 is 1.24 bits per heavy atom. The lowest BCUT2D eigenvalue weighted by molar-refractivity contribution is -0.384. The molecule has 1 N–H and O–H groups in total. The number of nitrogens with one attached hydrogen (secondary N) is 1. The van der Waals surface area contributed by atoms with Gasteiger partial charge in [0, 0.05) is 17.7 Å². The number of carbonyl (C=O) groups excluding carboxylic acids is 2. The number of rotatable bonds is 4. The van der Waals surface area contributed by atoms with Crippen LogP contribution in [0.25, 0.3) is 0 Å². The summed E-state index contributed by atoms with van der Waals surface area (Å²) in [6.07, 6.45) is 0. The first-order valence-electron chi connectivity index (χ1n) is 7.45. The Morgan fingerprint density at radius 3 is 2.60 bits per heavy atom. The number of ether oxygens (including phenoxy) is 1. The molecule has 8 nitrogen and oxygen atoms in total. The average Bonchev–Trinajstić information content (AvgIpc) is 2.90. The first kappa shape index (κ1) is 16.3. The quantitative estimate of drug-likeness (QED) is 0.523. The molecule has 1 heterocycles. The second-order valence-electron chi connectivity index (χ2n) is 5.17. The van der Waals surface area contributed by atoms with Crippen molar-refractivity contribution in [1.29, 1.82) is 0 Å². The Balaban J connectivity index is 1.94. The standard InChI is InChI=1S/C17H13N3O5/c1-2-25-17(22)10-3-5-11(6-4-10)18-15-13-9-12(20(23)24)7-8-14(13)19-16(15)21/h3-9H,2H2,1H3,(H,18,19,21). The minimum atomic E-state index is -0.533. The average molecular weight is 339 g/mol. The third kappa shape index (κ3) is 3.23. The molecule has 0 atom stereocenters. The zero-order chi connectivity index (χ0) is 18.0. The van der Waals surface area contributed by atoms with Gasteiger partial charge >= 0.3 is 5.97 Å². The summed E-state index contributed by atoms with van der Waals surface area (Å²) in [5, 5.41) is 13.5. The number of aliphatic imine (C=N–C) groups is 1. The lowest BCUT2D eigenvalue weighted by Gasteiger charge is -2.02. The second kappa shape index (κ2) is 6.52. The lowest BCUT2D eigenvalue weighted by atomic mass is 10.1. The number of benzene rings is 2. The summed E-state index contributed by atoms with van der Waals surface area (Å²) in [6.45, 7) is 1.99. The minimum absolute atomic E-state index is 0.0857. The van der Waals surface area contributed by atoms with E-state index in [9.17, 15) is 19.7 Å². The fraction of sp³-hybridized carbons (Fsp3) is 0.118. The van der Waals surface area contributed by atoms with Crippen molar-refractivity contribution in [3.8, 4) is 0 Å². The van der Waals surface area contributed by atoms with E-state index in [2.05, 4.69) is 10.3 Å². The van der Waals surface area contributed by atoms with Gasteiger partial charge in [-0.1, -0.05) is 0 Å². The summed E-state index contributed by atoms with van der Waals surface area (Å²) >= 11 is 0. The van der Waals surface area contributed by atoms with Crippen LogP contribution >= 0.6 is 0 Å². The molecule has 1 aliphatic heterocycles. The predicted molar refractivity (Wildman–Crippen MR) is 90.3 cm³/mol. The van der Waals surface area contributed by atoms with Gasteiger partial charge in [-0.2, -0.15) is 0 Å². The number of anilines is 1. The number of carbonyl (C=O) groups is 2. The molecule has 0 fully saturated rings. The summed E-state index contributed by atoms with van der Waals surface area (Å²) in [4.78, 5) is 38.4. The molecule has 1 amide bonds. The molecule has 3 rings (SSSR count). The molecule has 0 saturated carbocycles. The van der Waals surface area contributed by atoms with E-state index in [4.69, 9.17) is 4.74 Å². The SMILES string of the molecule is CCOC(=O)c1ccc(N=C2C(=O)Nc3ccc([N+](=O)[O-])cc32)cc1. The van der Waals surface area contributed by atoms with Gasteiger partial charge in [-0.25, -0.2) is 9.79 Å². The van der Waals surface area contributed by atoms with Gasteiger partial charge in [0.15, 0.2) is 0 Å². The van der Waals surface area contributed by atoms with Crippen LogP contribution in [0.2, 0.25) is 0 Å². The number of esters is 1. The van der Waals surface area contributed by atoms with Gasteiger partial charge in [0.05, 0.1) is 28.5 Å². The smallest absolute Gasteiger partial charge is 0.338 e. The summed E-state index contributed by atoms with van der Waals surface area (Å²) in [5.41, 5.74) is 1.62. The highest BCUT2D eigenvalue weighted by Crippen LogP contribution is 2.29. The van der Waals surface area contributed by atoms with Crippen molar-refractivity contribution < 1.29 is 19.2 Å². The molecule has 0 bridgehead atoms. The van der Waals surface area contributed by atoms with Crippen molar-refractivity contribution in [3.05, 3.63) is 63.7 Å². The topological polar surface area (TPSA) is 111 Å². The van der Waals surface area contributed by atoms with Crippen LogP contribution < -0.4 is 5.32 Å². The van der Waals surface area contributed by atoms with Gasteiger partial charge in [0.25, 0.3) is 11.6 Å². The first-order chi connectivity index (χ1) is 12.0. The molecule has 0 aliphatic carbocycles. The summed E-state index contributed by atoms with van der Waals surface area (Å²) in [6, 6.07) is 10.3. The van der Waals surface area contributed by atoms with Crippen molar-refractivity contribution >= 4 is 34.7 Å². The normalized spacial score (nSPS) is 14.1. The predicted octanol–water partition coefficient (Wildman–Crippen LogP) is 2.84. The maximum atomic E-state index is 12.1. The molecule has 0 unspecified atom stereocenters. The van der Waals surface area contributed by atoms with Gasteiger partial charge in [-0.05, 0) is 37.3 Å². The fourth-order valence-corrected chi connectivity index (χ4v) is 2.38. The van der Waals surface area contributed by atoms with Crippen LogP contribution in [-0.2, 0) is 9.53 Å². The van der Waals surface area contributed by atoms with Crippen LogP contribution in [0.3, 0.4) is 0 Å². The monoisotopic (exact) mass is 339 g/mol. The van der Waals surface area contributed by atoms with Gasteiger partial charge in [-0.3, -0.25) is 14.9 Å². The zero-order valence-corrected chi connectivity index (χ0v) is 13.2. The Hall–Kier alpha value is -3.55. The molecule has 126 valence electrons. The largest absolute Gasteiger partial charge is 0.462 e. The molecule has 1 aliphatic rings. The molecule has 0 aromatic heterocycles. The number of hydrogen-bond donors (Lipinski definition) is 1. The Morgan fingerprint density at radius 2 is 1.96 bits per heavy atom. The lowest BCUT2D eigenvalue weighted by Crippen LogP contribution is -2.14. The van der Waals surface area contributed by atoms with Gasteiger partial charge < -0.3 is 10.1 Å². The second-order valence-corrected chi connectivity index (χ2v) is 5.17. The van der Waals surface area contributed by atoms with Gasteiger partial charge in [0.1, 0.15) is 5.71 Å². The molecule has 0 radical (unpaired) electrons. The van der Waals surface area contributed by atoms with E-state index in [1.807, 2.05) is 0 Å². The highest BCUT2D eigenvalue weighted by molar-refractivity contribution is 6.54. The number of non-ortho nitro benzene ring substituents is 1. The number of nitro groups is 1. The summed E-state index contributed by atoms with van der Waals surface area (Å²) in [5.74, 6) is -0.883. The van der Waals surface area contributed by atoms with E-state index in [0.717, 1.165) is 0 Å². The third-order valence-electron chi connectivity index (χ3n) is 3.55. The molecular formula is C17H13N3O5. The van der Waals surface area contributed by atoms with Crippen molar-refractivity contribution in [2.45, 2.75) is 6.92 Å². The van der Waals surface area contributed by atoms with Gasteiger partial charge in [-0.15, -0.1) is 0 Å². The van der Waals surface area contributed by atoms with E-state index in [-0.39, 0.29) is 18.0 Å². The van der Waals surface area contributed by atoms with E-state index < -0.39 is 16.8 Å². The van der Waals surface area contributed by atoms with E-state index in [1.54, 1.807) is 31.2 Å². The van der Waals surface area contributed by atoms with Crippen LogP contribution in [0, 0.1) is 10.1 Å². The highest BCUT2D eigenvalue weighted by atomic mass is 16.6. The van der Waals surface area contributed by atoms with Crippen LogP contribution in [-0.4, -0.2) is 29.1 Å². The zero-order valence-electron chi connectivity index (χ0n) is 13.2. The maximum absolute atomic E-state index is 12.1. The van der Waals surface area contributed by atoms with E-state index in [1.165, 1.54) is 18.2 Å². The highest BCUT2D eigenvalue weighted by Gasteiger charge is 2.28. The summed E-state index contributed by atoms with van der Waals surface area (Å²) in [7, 11) is 0. The van der Waals surface area contributed by atoms with Crippen molar-refractivity contribution in [2.24, 2.45) is 4.99 Å². The molecular weight excluding hydrogens is 326 g/mol. The molecule has 0 saturated heterocycles.